The van der Waals surface area contributed by atoms with Crippen molar-refractivity contribution >= 4 is 35.0 Å². The van der Waals surface area contributed by atoms with E-state index in [1.54, 1.807) is 0 Å². The fraction of sp³-hybridized carbons (Fsp3) is 0.941. The van der Waals surface area contributed by atoms with Crippen LogP contribution in [-0.2, 0) is 8.85 Å². The number of aliphatic hydroxyl groups excluding tert-OH is 1. The van der Waals surface area contributed by atoms with E-state index in [1.165, 1.54) is 51.8 Å². The second kappa shape index (κ2) is 19.3. The van der Waals surface area contributed by atoms with Crippen molar-refractivity contribution in [1.82, 2.24) is 0 Å². The molecule has 3 nitrogen and oxygen atoms in total. The average Bonchev–Trinajstić information content (AvgIpc) is 2.84. The van der Waals surface area contributed by atoms with Gasteiger partial charge in [-0.05, 0) is 0 Å². The van der Waals surface area contributed by atoms with Gasteiger partial charge in [-0.3, -0.25) is 0 Å². The van der Waals surface area contributed by atoms with Crippen LogP contribution in [0.5, 0.6) is 0 Å². The van der Waals surface area contributed by atoms with Crippen molar-refractivity contribution in [2.24, 2.45) is 0 Å². The Labute approximate surface area is 259 Å². The Bertz CT molecular complexity index is 642. The molecule has 40 heavy (non-hydrogen) atoms. The second-order valence-corrected chi connectivity index (χ2v) is 38.4. The van der Waals surface area contributed by atoms with Crippen molar-refractivity contribution in [3.05, 3.63) is 10.2 Å². The molecule has 0 aromatic rings. The third-order valence-electron chi connectivity index (χ3n) is 10.0. The van der Waals surface area contributed by atoms with Crippen molar-refractivity contribution in [1.29, 1.82) is 0 Å². The summed E-state index contributed by atoms with van der Waals surface area (Å²) in [6, 6.07) is 0. The number of hydrogen-bond donors (Lipinski definition) is 1. The van der Waals surface area contributed by atoms with Crippen LogP contribution in [0, 0.1) is 0 Å². The summed E-state index contributed by atoms with van der Waals surface area (Å²) in [6.07, 6.45) is 12.3. The Morgan fingerprint density at radius 3 is 1.50 bits per heavy atom. The first-order valence-electron chi connectivity index (χ1n) is 17.1. The van der Waals surface area contributed by atoms with Gasteiger partial charge in [0.15, 0.2) is 0 Å². The molecule has 6 heteroatoms. The van der Waals surface area contributed by atoms with Gasteiger partial charge in [0.2, 0.25) is 0 Å². The molecule has 1 N–H and O–H groups in total. The summed E-state index contributed by atoms with van der Waals surface area (Å²) in [5.41, 5.74) is 1.65. The van der Waals surface area contributed by atoms with Crippen molar-refractivity contribution in [3.8, 4) is 0 Å². The molecule has 240 valence electrons. The molecule has 0 amide bonds. The zero-order chi connectivity index (χ0) is 31.2. The van der Waals surface area contributed by atoms with Crippen molar-refractivity contribution in [2.45, 2.75) is 195 Å². The van der Waals surface area contributed by atoms with Crippen LogP contribution < -0.4 is 0 Å². The van der Waals surface area contributed by atoms with Gasteiger partial charge >= 0.3 is 260 Å². The number of rotatable bonds is 22. The van der Waals surface area contributed by atoms with Crippen LogP contribution in [0.1, 0.15) is 134 Å². The van der Waals surface area contributed by atoms with Gasteiger partial charge in [0.05, 0.1) is 0 Å². The van der Waals surface area contributed by atoms with Crippen LogP contribution in [0.15, 0.2) is 10.2 Å². The van der Waals surface area contributed by atoms with E-state index >= 15 is 0 Å². The molecule has 0 bridgehead atoms. The van der Waals surface area contributed by atoms with Gasteiger partial charge < -0.3 is 0 Å². The third kappa shape index (κ3) is 12.8. The van der Waals surface area contributed by atoms with E-state index in [0.29, 0.717) is 23.0 Å². The molecule has 0 saturated heterocycles. The Balaban J connectivity index is 6.74. The fourth-order valence-electron chi connectivity index (χ4n) is 6.58. The first-order valence-corrected chi connectivity index (χ1v) is 29.9. The van der Waals surface area contributed by atoms with Gasteiger partial charge in [-0.1, -0.05) is 0 Å². The average molecular weight is 706 g/mol. The Morgan fingerprint density at radius 2 is 1.18 bits per heavy atom. The van der Waals surface area contributed by atoms with E-state index in [2.05, 4.69) is 106 Å². The van der Waals surface area contributed by atoms with Crippen molar-refractivity contribution in [2.75, 3.05) is 6.61 Å². The fourth-order valence-corrected chi connectivity index (χ4v) is 27.9. The minimum atomic E-state index is -2.48. The second-order valence-electron chi connectivity index (χ2n) is 15.3. The summed E-state index contributed by atoms with van der Waals surface area (Å²) in [5.74, 6) is 0. The first-order chi connectivity index (χ1) is 18.5. The van der Waals surface area contributed by atoms with Gasteiger partial charge in [0.25, 0.3) is 0 Å². The molecule has 0 saturated carbocycles. The Hall–Kier alpha value is 0.852. The van der Waals surface area contributed by atoms with E-state index in [9.17, 15) is 5.11 Å². The first kappa shape index (κ1) is 40.9. The normalized spacial score (nSPS) is 15.7. The van der Waals surface area contributed by atoms with Gasteiger partial charge in [0, 0.05) is 0 Å². The van der Waals surface area contributed by atoms with Gasteiger partial charge in [0.1, 0.15) is 0 Å². The SMILES string of the molecule is CCC[CH2][Sn](/[CH]=C/[C@H](C[C@H](CCO)O[Si](C)(C)C(C)(C)C)O[Si](C(C)C)(C(C)C)C(C)C)([CH2]CCC)[CH2]CCC. The Morgan fingerprint density at radius 1 is 0.750 bits per heavy atom. The topological polar surface area (TPSA) is 38.7 Å². The molecular formula is C34H74O3Si2Sn. The van der Waals surface area contributed by atoms with Gasteiger partial charge in [-0.2, -0.15) is 0 Å². The van der Waals surface area contributed by atoms with Crippen LogP contribution in [0.3, 0.4) is 0 Å². The molecule has 0 aromatic carbocycles. The van der Waals surface area contributed by atoms with Crippen LogP contribution in [0.25, 0.3) is 0 Å². The van der Waals surface area contributed by atoms with Crippen LogP contribution >= 0.6 is 0 Å². The van der Waals surface area contributed by atoms with E-state index in [1.807, 2.05) is 0 Å². The summed E-state index contributed by atoms with van der Waals surface area (Å²) >= 11 is -2.48. The quantitative estimate of drug-likeness (QED) is 0.114. The molecule has 2 atom stereocenters. The monoisotopic (exact) mass is 706 g/mol. The van der Waals surface area contributed by atoms with Crippen molar-refractivity contribution < 1.29 is 14.0 Å². The molecule has 0 aliphatic carbocycles. The van der Waals surface area contributed by atoms with E-state index in [-0.39, 0.29) is 23.9 Å². The molecule has 0 aromatic heterocycles. The standard InChI is InChI=1S/C22H47O3Si2.3C4H9.Sn/c1-13-20(25-27(17(2)3,18(4)5)19(6)7)16-21(14-15-23)24-26(11,12)22(8,9)10;3*1-3-4-2;/h1,13,17-21,23H,14-16H2,2-12H3;3*1,3-4H2,2H3;/t20-,21+;;;;/m1..../s1. The van der Waals surface area contributed by atoms with Crippen LogP contribution in [0.2, 0.25) is 48.1 Å². The van der Waals surface area contributed by atoms with E-state index < -0.39 is 35.0 Å². The number of unbranched alkanes of at least 4 members (excludes halogenated alkanes) is 3. The summed E-state index contributed by atoms with van der Waals surface area (Å²) in [7, 11) is -4.06. The predicted octanol–water partition coefficient (Wildman–Crippen LogP) is 11.7. The summed E-state index contributed by atoms with van der Waals surface area (Å²) in [5, 5.41) is 10.2. The summed E-state index contributed by atoms with van der Waals surface area (Å²) in [6.45, 7) is 33.3. The number of aliphatic hydroxyl groups is 1. The molecular weight excluding hydrogens is 631 g/mol. The van der Waals surface area contributed by atoms with Crippen LogP contribution in [-0.4, -0.2) is 58.9 Å². The van der Waals surface area contributed by atoms with Crippen LogP contribution in [0.4, 0.5) is 0 Å². The third-order valence-corrected chi connectivity index (χ3v) is 34.8. The molecule has 0 spiro atoms. The molecule has 0 aliphatic rings. The molecule has 0 rings (SSSR count). The predicted molar refractivity (Wildman–Crippen MR) is 188 cm³/mol. The minimum absolute atomic E-state index is 0.0326. The zero-order valence-electron chi connectivity index (χ0n) is 29.8. The molecule has 0 heterocycles. The maximum atomic E-state index is 10.1. The molecule has 0 unspecified atom stereocenters. The van der Waals surface area contributed by atoms with E-state index in [0.717, 1.165) is 6.42 Å². The van der Waals surface area contributed by atoms with Crippen molar-refractivity contribution in [3.63, 3.8) is 0 Å². The summed E-state index contributed by atoms with van der Waals surface area (Å²) in [4.78, 5) is 0. The molecule has 0 radical (unpaired) electrons. The van der Waals surface area contributed by atoms with E-state index in [4.69, 9.17) is 8.85 Å². The zero-order valence-corrected chi connectivity index (χ0v) is 34.6. The molecule has 0 aliphatic heterocycles. The van der Waals surface area contributed by atoms with Gasteiger partial charge in [-0.25, -0.2) is 0 Å². The number of hydrogen-bond acceptors (Lipinski definition) is 3. The molecule has 0 fully saturated rings. The summed E-state index contributed by atoms with van der Waals surface area (Å²) < 4.78 is 21.8. The Kier molecular flexibility index (Phi) is 19.7. The maximum absolute atomic E-state index is 10.1. The van der Waals surface area contributed by atoms with Gasteiger partial charge in [-0.15, -0.1) is 0 Å².